The zero-order valence-corrected chi connectivity index (χ0v) is 17.3. The molecule has 2 aromatic heterocycles. The highest BCUT2D eigenvalue weighted by Gasteiger charge is 2.24. The molecule has 8 heteroatoms. The number of benzene rings is 1. The number of nitrogens with zero attached hydrogens (tertiary/aromatic N) is 4. The van der Waals surface area contributed by atoms with Gasteiger partial charge in [0, 0.05) is 23.8 Å². The average molecular weight is 406 g/mol. The molecule has 30 heavy (non-hydrogen) atoms. The van der Waals surface area contributed by atoms with Gasteiger partial charge in [0.2, 0.25) is 5.91 Å². The number of hydrogen-bond acceptors (Lipinski definition) is 7. The number of carbonyl (C=O) groups excluding carboxylic acids is 1. The van der Waals surface area contributed by atoms with Gasteiger partial charge in [-0.2, -0.15) is 0 Å². The van der Waals surface area contributed by atoms with E-state index >= 15 is 0 Å². The molecular formula is C22H26N6O2. The number of piperidine rings is 1. The van der Waals surface area contributed by atoms with E-state index in [4.69, 9.17) is 15.5 Å². The number of pyridine rings is 1. The molecule has 1 aliphatic heterocycles. The van der Waals surface area contributed by atoms with Crippen molar-refractivity contribution in [1.29, 1.82) is 0 Å². The van der Waals surface area contributed by atoms with Crippen LogP contribution in [0.2, 0.25) is 0 Å². The van der Waals surface area contributed by atoms with Crippen LogP contribution >= 0.6 is 0 Å². The van der Waals surface area contributed by atoms with Gasteiger partial charge in [0.1, 0.15) is 17.4 Å². The topological polar surface area (TPSA) is 106 Å². The number of nitrogen functional groups attached to an aromatic ring is 1. The third kappa shape index (κ3) is 4.49. The summed E-state index contributed by atoms with van der Waals surface area (Å²) in [5.74, 6) is 2.07. The number of ether oxygens (including phenoxy) is 1. The van der Waals surface area contributed by atoms with E-state index in [0.717, 1.165) is 48.4 Å². The lowest BCUT2D eigenvalue weighted by Crippen LogP contribution is -2.40. The van der Waals surface area contributed by atoms with Crippen molar-refractivity contribution in [3.05, 3.63) is 47.9 Å². The largest absolute Gasteiger partial charge is 0.497 e. The van der Waals surface area contributed by atoms with Crippen LogP contribution in [0.4, 0.5) is 11.5 Å². The monoisotopic (exact) mass is 406 g/mol. The summed E-state index contributed by atoms with van der Waals surface area (Å²) in [6, 6.07) is 11.3. The van der Waals surface area contributed by atoms with Crippen molar-refractivity contribution >= 4 is 28.4 Å². The first-order valence-electron chi connectivity index (χ1n) is 10.1. The maximum atomic E-state index is 12.5. The number of carbonyl (C=O) groups is 1. The lowest BCUT2D eigenvalue weighted by atomic mass is 9.94. The van der Waals surface area contributed by atoms with Gasteiger partial charge in [-0.15, -0.1) is 0 Å². The second-order valence-electron chi connectivity index (χ2n) is 7.61. The molecule has 3 N–H and O–H groups in total. The fourth-order valence-corrected chi connectivity index (χ4v) is 3.91. The minimum Gasteiger partial charge on any atom is -0.497 e. The molecule has 0 aliphatic carbocycles. The van der Waals surface area contributed by atoms with E-state index in [0.29, 0.717) is 23.8 Å². The van der Waals surface area contributed by atoms with Gasteiger partial charge >= 0.3 is 0 Å². The van der Waals surface area contributed by atoms with Crippen LogP contribution in [-0.4, -0.2) is 52.5 Å². The van der Waals surface area contributed by atoms with Crippen molar-refractivity contribution in [1.82, 2.24) is 19.9 Å². The number of nitrogens with two attached hydrogens (primary N) is 1. The van der Waals surface area contributed by atoms with Crippen LogP contribution in [0.5, 0.6) is 5.75 Å². The van der Waals surface area contributed by atoms with Gasteiger partial charge < -0.3 is 15.8 Å². The van der Waals surface area contributed by atoms with Crippen molar-refractivity contribution in [2.75, 3.05) is 37.8 Å². The van der Waals surface area contributed by atoms with Gasteiger partial charge in [-0.1, -0.05) is 0 Å². The second kappa shape index (κ2) is 8.62. The molecule has 4 rings (SSSR count). The molecule has 1 atom stereocenters. The Bertz CT molecular complexity index is 1050. The molecule has 1 amide bonds. The van der Waals surface area contributed by atoms with Gasteiger partial charge in [0.15, 0.2) is 5.65 Å². The van der Waals surface area contributed by atoms with Gasteiger partial charge in [-0.05, 0) is 62.7 Å². The predicted molar refractivity (Wildman–Crippen MR) is 117 cm³/mol. The fourth-order valence-electron chi connectivity index (χ4n) is 3.91. The summed E-state index contributed by atoms with van der Waals surface area (Å²) in [6.45, 7) is 3.85. The van der Waals surface area contributed by atoms with E-state index < -0.39 is 0 Å². The fraction of sp³-hybridized carbons (Fsp3) is 0.364. The van der Waals surface area contributed by atoms with Crippen LogP contribution in [-0.2, 0) is 4.79 Å². The Kier molecular flexibility index (Phi) is 5.76. The Morgan fingerprint density at radius 3 is 2.77 bits per heavy atom. The molecule has 156 valence electrons. The number of hydrogen-bond donors (Lipinski definition) is 2. The highest BCUT2D eigenvalue weighted by Crippen LogP contribution is 2.27. The SMILES string of the molecule is COc1ccc(NC(=O)CN2CCCC(c3ccc4c(N)nc(C)nc4n3)C2)cc1. The van der Waals surface area contributed by atoms with Crippen molar-refractivity contribution in [3.63, 3.8) is 0 Å². The summed E-state index contributed by atoms with van der Waals surface area (Å²) in [4.78, 5) is 28.1. The molecule has 8 nitrogen and oxygen atoms in total. The Hall–Kier alpha value is -3.26. The lowest BCUT2D eigenvalue weighted by Gasteiger charge is -2.32. The second-order valence-corrected chi connectivity index (χ2v) is 7.61. The van der Waals surface area contributed by atoms with Crippen molar-refractivity contribution in [3.8, 4) is 5.75 Å². The van der Waals surface area contributed by atoms with Gasteiger partial charge in [0.05, 0.1) is 19.0 Å². The summed E-state index contributed by atoms with van der Waals surface area (Å²) in [7, 11) is 1.62. The number of anilines is 2. The van der Waals surface area contributed by atoms with Crippen LogP contribution in [0.15, 0.2) is 36.4 Å². The third-order valence-electron chi connectivity index (χ3n) is 5.39. The molecule has 1 fully saturated rings. The molecule has 1 aliphatic rings. The zero-order valence-electron chi connectivity index (χ0n) is 17.3. The van der Waals surface area contributed by atoms with E-state index in [9.17, 15) is 4.79 Å². The summed E-state index contributed by atoms with van der Waals surface area (Å²) in [5.41, 5.74) is 8.37. The van der Waals surface area contributed by atoms with Crippen LogP contribution in [0.25, 0.3) is 11.0 Å². The number of aromatic nitrogens is 3. The number of fused-ring (bicyclic) bond motifs is 1. The summed E-state index contributed by atoms with van der Waals surface area (Å²) in [6.07, 6.45) is 2.06. The average Bonchev–Trinajstić information content (AvgIpc) is 2.74. The van der Waals surface area contributed by atoms with E-state index in [1.165, 1.54) is 0 Å². The third-order valence-corrected chi connectivity index (χ3v) is 5.39. The first-order valence-corrected chi connectivity index (χ1v) is 10.1. The molecule has 3 heterocycles. The molecule has 1 saturated heterocycles. The first-order chi connectivity index (χ1) is 14.5. The van der Waals surface area contributed by atoms with Gasteiger partial charge in [-0.3, -0.25) is 9.69 Å². The molecule has 0 saturated carbocycles. The highest BCUT2D eigenvalue weighted by atomic mass is 16.5. The molecule has 1 unspecified atom stereocenters. The predicted octanol–water partition coefficient (Wildman–Crippen LogP) is 2.74. The van der Waals surface area contributed by atoms with Crippen molar-refractivity contribution in [2.45, 2.75) is 25.7 Å². The summed E-state index contributed by atoms with van der Waals surface area (Å²) >= 11 is 0. The number of methoxy groups -OCH3 is 1. The van der Waals surface area contributed by atoms with Gasteiger partial charge in [0.25, 0.3) is 0 Å². The smallest absolute Gasteiger partial charge is 0.238 e. The maximum absolute atomic E-state index is 12.5. The summed E-state index contributed by atoms with van der Waals surface area (Å²) in [5, 5.41) is 3.72. The first kappa shape index (κ1) is 20.0. The molecule has 3 aromatic rings. The van der Waals surface area contributed by atoms with Crippen LogP contribution < -0.4 is 15.8 Å². The van der Waals surface area contributed by atoms with Crippen LogP contribution in [0, 0.1) is 6.92 Å². The number of aryl methyl sites for hydroxylation is 1. The lowest BCUT2D eigenvalue weighted by molar-refractivity contribution is -0.117. The quantitative estimate of drug-likeness (QED) is 0.671. The van der Waals surface area contributed by atoms with Crippen LogP contribution in [0.3, 0.4) is 0 Å². The molecule has 1 aromatic carbocycles. The minimum atomic E-state index is -0.0246. The van der Waals surface area contributed by atoms with Gasteiger partial charge in [-0.25, -0.2) is 15.0 Å². The number of amides is 1. The van der Waals surface area contributed by atoms with Crippen LogP contribution in [0.1, 0.15) is 30.3 Å². The van der Waals surface area contributed by atoms with E-state index in [2.05, 4.69) is 20.2 Å². The zero-order chi connectivity index (χ0) is 21.1. The maximum Gasteiger partial charge on any atom is 0.238 e. The number of nitrogens with one attached hydrogen (secondary N) is 1. The summed E-state index contributed by atoms with van der Waals surface area (Å²) < 4.78 is 5.15. The van der Waals surface area contributed by atoms with E-state index in [1.54, 1.807) is 7.11 Å². The normalized spacial score (nSPS) is 17.1. The Labute approximate surface area is 175 Å². The molecule has 0 radical (unpaired) electrons. The minimum absolute atomic E-state index is 0.0246. The number of likely N-dealkylation sites (tertiary alicyclic amines) is 1. The standard InChI is InChI=1S/C22H26N6O2/c1-14-24-21(23)18-9-10-19(27-22(18)25-14)15-4-3-11-28(12-15)13-20(29)26-16-5-7-17(30-2)8-6-16/h5-10,15H,3-4,11-13H2,1-2H3,(H,26,29)(H2,23,24,25,27). The van der Waals surface area contributed by atoms with E-state index in [1.807, 2.05) is 43.3 Å². The molecule has 0 spiro atoms. The van der Waals surface area contributed by atoms with Crippen molar-refractivity contribution in [2.24, 2.45) is 0 Å². The molecular weight excluding hydrogens is 380 g/mol. The van der Waals surface area contributed by atoms with E-state index in [-0.39, 0.29) is 11.8 Å². The Morgan fingerprint density at radius 1 is 1.20 bits per heavy atom. The number of rotatable bonds is 5. The Balaban J connectivity index is 1.41. The van der Waals surface area contributed by atoms with Crippen molar-refractivity contribution < 1.29 is 9.53 Å². The highest BCUT2D eigenvalue weighted by molar-refractivity contribution is 5.92. The molecule has 0 bridgehead atoms. The Morgan fingerprint density at radius 2 is 2.00 bits per heavy atom.